The number of nitrogen functional groups attached to an aromatic ring is 1. The molecule has 0 saturated carbocycles. The first kappa shape index (κ1) is 12.0. The fourth-order valence-corrected chi connectivity index (χ4v) is 1.61. The van der Waals surface area contributed by atoms with Gasteiger partial charge in [-0.1, -0.05) is 6.92 Å². The first-order valence-electron chi connectivity index (χ1n) is 5.31. The molecule has 0 aliphatic heterocycles. The Morgan fingerprint density at radius 2 is 2.33 bits per heavy atom. The largest absolute Gasteiger partial charge is 0.308 e. The Labute approximate surface area is 103 Å². The smallest absolute Gasteiger partial charge is 0.276 e. The van der Waals surface area contributed by atoms with Crippen LogP contribution in [0.5, 0.6) is 0 Å². The van der Waals surface area contributed by atoms with Gasteiger partial charge in [-0.25, -0.2) is 15.8 Å². The van der Waals surface area contributed by atoms with Crippen LogP contribution in [0.15, 0.2) is 24.5 Å². The maximum absolute atomic E-state index is 10.8. The van der Waals surface area contributed by atoms with Gasteiger partial charge in [0.05, 0.1) is 17.1 Å². The summed E-state index contributed by atoms with van der Waals surface area (Å²) >= 11 is 0. The van der Waals surface area contributed by atoms with E-state index in [9.17, 15) is 10.1 Å². The topological polar surface area (TPSA) is 112 Å². The molecule has 0 atom stereocenters. The highest BCUT2D eigenvalue weighted by Crippen LogP contribution is 2.20. The number of pyridine rings is 1. The van der Waals surface area contributed by atoms with Crippen LogP contribution in [0.1, 0.15) is 12.7 Å². The van der Waals surface area contributed by atoms with Crippen LogP contribution in [0.25, 0.3) is 5.82 Å². The number of anilines is 1. The van der Waals surface area contributed by atoms with Crippen molar-refractivity contribution in [1.82, 2.24) is 14.5 Å². The van der Waals surface area contributed by atoms with Gasteiger partial charge in [-0.2, -0.15) is 0 Å². The molecule has 0 fully saturated rings. The third kappa shape index (κ3) is 2.13. The Morgan fingerprint density at radius 3 is 2.94 bits per heavy atom. The highest BCUT2D eigenvalue weighted by Gasteiger charge is 2.13. The van der Waals surface area contributed by atoms with Crippen molar-refractivity contribution in [3.8, 4) is 5.82 Å². The molecule has 0 saturated heterocycles. The number of aryl methyl sites for hydroxylation is 1. The van der Waals surface area contributed by atoms with E-state index in [1.165, 1.54) is 12.1 Å². The van der Waals surface area contributed by atoms with Crippen LogP contribution in [0.4, 0.5) is 11.5 Å². The molecule has 0 amide bonds. The highest BCUT2D eigenvalue weighted by molar-refractivity contribution is 5.50. The molecule has 0 bridgehead atoms. The summed E-state index contributed by atoms with van der Waals surface area (Å²) in [7, 11) is 0. The van der Waals surface area contributed by atoms with Gasteiger partial charge in [-0.3, -0.25) is 14.7 Å². The van der Waals surface area contributed by atoms with Gasteiger partial charge in [0, 0.05) is 18.8 Å². The standard InChI is InChI=1S/C10H12N6O2/c1-2-9-12-3-4-15(9)10-6-7(16(17)18)5-8(13-10)14-11/h3-6H,2,11H2,1H3,(H,13,14). The Hall–Kier alpha value is -2.48. The van der Waals surface area contributed by atoms with E-state index >= 15 is 0 Å². The number of hydrogen-bond acceptors (Lipinski definition) is 6. The zero-order valence-corrected chi connectivity index (χ0v) is 9.70. The molecule has 8 heteroatoms. The lowest BCUT2D eigenvalue weighted by molar-refractivity contribution is -0.384. The maximum atomic E-state index is 10.8. The second-order valence-electron chi connectivity index (χ2n) is 3.54. The number of imidazole rings is 1. The summed E-state index contributed by atoms with van der Waals surface area (Å²) in [4.78, 5) is 18.6. The molecule has 0 radical (unpaired) electrons. The quantitative estimate of drug-likeness (QED) is 0.474. The van der Waals surface area contributed by atoms with Crippen molar-refractivity contribution in [3.05, 3.63) is 40.5 Å². The predicted molar refractivity (Wildman–Crippen MR) is 65.2 cm³/mol. The van der Waals surface area contributed by atoms with Gasteiger partial charge in [0.15, 0.2) is 0 Å². The van der Waals surface area contributed by atoms with Crippen molar-refractivity contribution < 1.29 is 4.92 Å². The summed E-state index contributed by atoms with van der Waals surface area (Å²) in [5.41, 5.74) is 2.23. The van der Waals surface area contributed by atoms with Crippen LogP contribution in [0.3, 0.4) is 0 Å². The molecule has 0 spiro atoms. The second-order valence-corrected chi connectivity index (χ2v) is 3.54. The van der Waals surface area contributed by atoms with E-state index in [0.717, 1.165) is 5.82 Å². The highest BCUT2D eigenvalue weighted by atomic mass is 16.6. The number of nitrogens with zero attached hydrogens (tertiary/aromatic N) is 4. The Kier molecular flexibility index (Phi) is 3.20. The van der Waals surface area contributed by atoms with Crippen molar-refractivity contribution >= 4 is 11.5 Å². The van der Waals surface area contributed by atoms with Gasteiger partial charge < -0.3 is 5.43 Å². The van der Waals surface area contributed by atoms with E-state index < -0.39 is 4.92 Å². The average Bonchev–Trinajstić information content (AvgIpc) is 2.86. The number of aromatic nitrogens is 3. The van der Waals surface area contributed by atoms with Crippen molar-refractivity contribution in [3.63, 3.8) is 0 Å². The molecule has 18 heavy (non-hydrogen) atoms. The van der Waals surface area contributed by atoms with E-state index in [0.29, 0.717) is 12.2 Å². The molecule has 2 aromatic rings. The van der Waals surface area contributed by atoms with E-state index in [2.05, 4.69) is 15.4 Å². The minimum Gasteiger partial charge on any atom is -0.308 e. The summed E-state index contributed by atoms with van der Waals surface area (Å²) in [5.74, 6) is 6.66. The van der Waals surface area contributed by atoms with E-state index in [4.69, 9.17) is 5.84 Å². The summed E-state index contributed by atoms with van der Waals surface area (Å²) in [6.45, 7) is 1.94. The molecule has 2 rings (SSSR count). The number of hydrazine groups is 1. The molecule has 94 valence electrons. The SMILES string of the molecule is CCc1nccn1-c1cc([N+](=O)[O-])cc(NN)n1. The molecule has 0 aliphatic carbocycles. The van der Waals surface area contributed by atoms with Crippen LogP contribution in [-0.4, -0.2) is 19.5 Å². The first-order chi connectivity index (χ1) is 8.65. The molecular formula is C10H12N6O2. The monoisotopic (exact) mass is 248 g/mol. The van der Waals surface area contributed by atoms with Gasteiger partial charge in [0.2, 0.25) is 0 Å². The van der Waals surface area contributed by atoms with Crippen LogP contribution in [0, 0.1) is 10.1 Å². The Balaban J connectivity index is 2.56. The summed E-state index contributed by atoms with van der Waals surface area (Å²) in [5, 5.41) is 10.8. The fourth-order valence-electron chi connectivity index (χ4n) is 1.61. The number of rotatable bonds is 4. The van der Waals surface area contributed by atoms with Gasteiger partial charge in [-0.05, 0) is 0 Å². The zero-order valence-electron chi connectivity index (χ0n) is 9.70. The lowest BCUT2D eigenvalue weighted by Gasteiger charge is -2.07. The number of nitro groups is 1. The summed E-state index contributed by atoms with van der Waals surface area (Å²) < 4.78 is 1.69. The Morgan fingerprint density at radius 1 is 1.56 bits per heavy atom. The second kappa shape index (κ2) is 4.80. The lowest BCUT2D eigenvalue weighted by Crippen LogP contribution is -2.11. The van der Waals surface area contributed by atoms with Crippen LogP contribution in [-0.2, 0) is 6.42 Å². The molecule has 0 unspecified atom stereocenters. The van der Waals surface area contributed by atoms with Gasteiger partial charge in [0.25, 0.3) is 5.69 Å². The third-order valence-corrected chi connectivity index (χ3v) is 2.44. The third-order valence-electron chi connectivity index (χ3n) is 2.44. The first-order valence-corrected chi connectivity index (χ1v) is 5.31. The van der Waals surface area contributed by atoms with Crippen molar-refractivity contribution in [2.24, 2.45) is 5.84 Å². The maximum Gasteiger partial charge on any atom is 0.276 e. The molecule has 8 nitrogen and oxygen atoms in total. The molecular weight excluding hydrogens is 236 g/mol. The van der Waals surface area contributed by atoms with Crippen molar-refractivity contribution in [2.75, 3.05) is 5.43 Å². The number of hydrogen-bond donors (Lipinski definition) is 2. The average molecular weight is 248 g/mol. The lowest BCUT2D eigenvalue weighted by atomic mass is 10.3. The number of nitrogens with two attached hydrogens (primary N) is 1. The van der Waals surface area contributed by atoms with Gasteiger partial charge in [-0.15, -0.1) is 0 Å². The van der Waals surface area contributed by atoms with Crippen molar-refractivity contribution in [1.29, 1.82) is 0 Å². The molecule has 2 heterocycles. The van der Waals surface area contributed by atoms with Crippen LogP contribution >= 0.6 is 0 Å². The van der Waals surface area contributed by atoms with Crippen molar-refractivity contribution in [2.45, 2.75) is 13.3 Å². The van der Waals surface area contributed by atoms with Gasteiger partial charge in [0.1, 0.15) is 17.5 Å². The summed E-state index contributed by atoms with van der Waals surface area (Å²) in [6, 6.07) is 2.65. The minimum atomic E-state index is -0.492. The van der Waals surface area contributed by atoms with Gasteiger partial charge >= 0.3 is 0 Å². The molecule has 2 aromatic heterocycles. The fraction of sp³-hybridized carbons (Fsp3) is 0.200. The Bertz CT molecular complexity index is 579. The van der Waals surface area contributed by atoms with Crippen LogP contribution in [0.2, 0.25) is 0 Å². The predicted octanol–water partition coefficient (Wildman–Crippen LogP) is 1.02. The van der Waals surface area contributed by atoms with E-state index in [1.807, 2.05) is 6.92 Å². The number of nitrogens with one attached hydrogen (secondary N) is 1. The molecule has 0 aliphatic rings. The zero-order chi connectivity index (χ0) is 13.1. The molecule has 0 aromatic carbocycles. The van der Waals surface area contributed by atoms with Crippen LogP contribution < -0.4 is 11.3 Å². The van der Waals surface area contributed by atoms with E-state index in [1.54, 1.807) is 17.0 Å². The molecule has 3 N–H and O–H groups in total. The summed E-state index contributed by atoms with van der Waals surface area (Å²) in [6.07, 6.45) is 4.02. The van der Waals surface area contributed by atoms with E-state index in [-0.39, 0.29) is 11.5 Å². The minimum absolute atomic E-state index is 0.0799. The normalized spacial score (nSPS) is 10.3.